The number of benzene rings is 1. The zero-order valence-electron chi connectivity index (χ0n) is 15.7. The van der Waals surface area contributed by atoms with E-state index in [1.807, 2.05) is 25.4 Å². The fourth-order valence-corrected chi connectivity index (χ4v) is 3.93. The average Bonchev–Trinajstić information content (AvgIpc) is 3.34. The summed E-state index contributed by atoms with van der Waals surface area (Å²) in [6.07, 6.45) is 4.06. The summed E-state index contributed by atoms with van der Waals surface area (Å²) in [6, 6.07) is 8.53. The minimum Gasteiger partial charge on any atom is -0.495 e. The summed E-state index contributed by atoms with van der Waals surface area (Å²) < 4.78 is 5.49. The average molecular weight is 374 g/mol. The van der Waals surface area contributed by atoms with Crippen molar-refractivity contribution in [1.29, 1.82) is 0 Å². The lowest BCUT2D eigenvalue weighted by molar-refractivity contribution is 0.415. The summed E-state index contributed by atoms with van der Waals surface area (Å²) in [7, 11) is 3.53. The number of hydrogen-bond donors (Lipinski definition) is 2. The van der Waals surface area contributed by atoms with Gasteiger partial charge in [-0.05, 0) is 25.0 Å². The highest BCUT2D eigenvalue weighted by atomic mass is 32.1. The molecule has 1 aliphatic heterocycles. The highest BCUT2D eigenvalue weighted by Crippen LogP contribution is 2.30. The Hall–Kier alpha value is -2.28. The Morgan fingerprint density at radius 2 is 2.27 bits per heavy atom. The number of anilines is 1. The number of aromatic nitrogens is 1. The molecule has 0 spiro atoms. The van der Waals surface area contributed by atoms with Gasteiger partial charge in [-0.15, -0.1) is 11.3 Å². The number of methoxy groups -OCH3 is 1. The summed E-state index contributed by atoms with van der Waals surface area (Å²) in [5.74, 6) is 1.75. The van der Waals surface area contributed by atoms with Gasteiger partial charge in [-0.1, -0.05) is 19.1 Å². The normalized spacial score (nSPS) is 17.4. The number of nitrogens with zero attached hydrogens (tertiary/aromatic N) is 3. The second kappa shape index (κ2) is 8.89. The molecule has 2 N–H and O–H groups in total. The quantitative estimate of drug-likeness (QED) is 0.602. The van der Waals surface area contributed by atoms with Crippen LogP contribution in [0.2, 0.25) is 0 Å². The molecule has 3 rings (SSSR count). The fourth-order valence-electron chi connectivity index (χ4n) is 3.13. The molecule has 26 heavy (non-hydrogen) atoms. The molecule has 1 saturated heterocycles. The maximum Gasteiger partial charge on any atom is 0.191 e. The maximum absolute atomic E-state index is 5.49. The van der Waals surface area contributed by atoms with E-state index >= 15 is 0 Å². The Bertz CT molecular complexity index is 745. The van der Waals surface area contributed by atoms with E-state index in [4.69, 9.17) is 4.74 Å². The lowest BCUT2D eigenvalue weighted by atomic mass is 10.2. The highest BCUT2D eigenvalue weighted by Gasteiger charge is 2.25. The van der Waals surface area contributed by atoms with E-state index < -0.39 is 0 Å². The number of ether oxygens (including phenoxy) is 1. The van der Waals surface area contributed by atoms with Crippen molar-refractivity contribution in [3.05, 3.63) is 40.3 Å². The molecule has 2 heterocycles. The first-order valence-corrected chi connectivity index (χ1v) is 9.83. The third-order valence-corrected chi connectivity index (χ3v) is 5.68. The number of rotatable bonds is 6. The van der Waals surface area contributed by atoms with Gasteiger partial charge in [0.15, 0.2) is 5.96 Å². The first-order valence-electron chi connectivity index (χ1n) is 9.02. The minimum absolute atomic E-state index is 0.355. The van der Waals surface area contributed by atoms with Crippen molar-refractivity contribution < 1.29 is 4.74 Å². The highest BCUT2D eigenvalue weighted by molar-refractivity contribution is 7.11. The molecular formula is C19H27N5OS. The largest absolute Gasteiger partial charge is 0.495 e. The van der Waals surface area contributed by atoms with Crippen LogP contribution < -0.4 is 20.3 Å². The van der Waals surface area contributed by atoms with E-state index in [9.17, 15) is 0 Å². The van der Waals surface area contributed by atoms with Crippen molar-refractivity contribution in [2.75, 3.05) is 32.1 Å². The number of guanidine groups is 1. The van der Waals surface area contributed by atoms with Crippen LogP contribution in [-0.4, -0.2) is 44.2 Å². The van der Waals surface area contributed by atoms with Gasteiger partial charge in [0.25, 0.3) is 0 Å². The molecule has 0 radical (unpaired) electrons. The Morgan fingerprint density at radius 1 is 1.42 bits per heavy atom. The Balaban J connectivity index is 1.53. The third kappa shape index (κ3) is 4.46. The van der Waals surface area contributed by atoms with Crippen molar-refractivity contribution in [2.24, 2.45) is 4.99 Å². The van der Waals surface area contributed by atoms with Crippen molar-refractivity contribution in [3.63, 3.8) is 0 Å². The van der Waals surface area contributed by atoms with Gasteiger partial charge >= 0.3 is 0 Å². The van der Waals surface area contributed by atoms with Gasteiger partial charge in [-0.25, -0.2) is 4.98 Å². The van der Waals surface area contributed by atoms with Crippen LogP contribution in [-0.2, 0) is 13.0 Å². The van der Waals surface area contributed by atoms with Crippen LogP contribution in [0.25, 0.3) is 0 Å². The summed E-state index contributed by atoms with van der Waals surface area (Å²) >= 11 is 1.75. The second-order valence-corrected chi connectivity index (χ2v) is 7.45. The third-order valence-electron chi connectivity index (χ3n) is 4.54. The molecule has 0 amide bonds. The van der Waals surface area contributed by atoms with Crippen molar-refractivity contribution in [2.45, 2.75) is 32.4 Å². The van der Waals surface area contributed by atoms with E-state index in [1.54, 1.807) is 18.4 Å². The Labute approximate surface area is 159 Å². The second-order valence-electron chi connectivity index (χ2n) is 6.25. The van der Waals surface area contributed by atoms with Gasteiger partial charge in [-0.3, -0.25) is 4.99 Å². The van der Waals surface area contributed by atoms with Crippen LogP contribution >= 0.6 is 11.3 Å². The van der Waals surface area contributed by atoms with Gasteiger partial charge in [0, 0.05) is 37.3 Å². The SMILES string of the molecule is CCc1cnc(CNC(=NC)NC2CCN(c3ccccc3OC)C2)s1. The van der Waals surface area contributed by atoms with Gasteiger partial charge < -0.3 is 20.3 Å². The summed E-state index contributed by atoms with van der Waals surface area (Å²) in [5, 5.41) is 7.99. The predicted molar refractivity (Wildman–Crippen MR) is 108 cm³/mol. The van der Waals surface area contributed by atoms with Gasteiger partial charge in [0.05, 0.1) is 19.3 Å². The molecule has 0 bridgehead atoms. The first-order chi connectivity index (χ1) is 12.7. The number of aliphatic imine (C=N–C) groups is 1. The van der Waals surface area contributed by atoms with Crippen LogP contribution in [0.1, 0.15) is 23.2 Å². The summed E-state index contributed by atoms with van der Waals surface area (Å²) in [6.45, 7) is 4.78. The van der Waals surface area contributed by atoms with E-state index in [0.717, 1.165) is 48.3 Å². The number of para-hydroxylation sites is 2. The molecule has 6 nitrogen and oxygen atoms in total. The van der Waals surface area contributed by atoms with Crippen LogP contribution in [0, 0.1) is 0 Å². The van der Waals surface area contributed by atoms with Gasteiger partial charge in [0.1, 0.15) is 10.8 Å². The molecule has 1 aromatic carbocycles. The lowest BCUT2D eigenvalue weighted by Gasteiger charge is -2.22. The standard InChI is InChI=1S/C19H27N5OS/c1-4-15-11-21-18(26-15)12-22-19(20-2)23-14-9-10-24(13-14)16-7-5-6-8-17(16)25-3/h5-8,11,14H,4,9-10,12-13H2,1-3H3,(H2,20,22,23). The van der Waals surface area contributed by atoms with Crippen LogP contribution in [0.5, 0.6) is 5.75 Å². The number of nitrogens with one attached hydrogen (secondary N) is 2. The molecule has 1 fully saturated rings. The molecule has 140 valence electrons. The molecule has 1 aromatic heterocycles. The molecule has 1 aliphatic rings. The van der Waals surface area contributed by atoms with Gasteiger partial charge in [-0.2, -0.15) is 0 Å². The molecule has 7 heteroatoms. The van der Waals surface area contributed by atoms with E-state index in [1.165, 1.54) is 4.88 Å². The molecule has 1 atom stereocenters. The summed E-state index contributed by atoms with van der Waals surface area (Å²) in [5.41, 5.74) is 1.15. The van der Waals surface area contributed by atoms with E-state index in [0.29, 0.717) is 12.6 Å². The summed E-state index contributed by atoms with van der Waals surface area (Å²) in [4.78, 5) is 12.5. The van der Waals surface area contributed by atoms with E-state index in [-0.39, 0.29) is 0 Å². The Morgan fingerprint density at radius 3 is 3.00 bits per heavy atom. The molecule has 0 aliphatic carbocycles. The van der Waals surface area contributed by atoms with E-state index in [2.05, 4.69) is 44.6 Å². The van der Waals surface area contributed by atoms with Crippen molar-refractivity contribution >= 4 is 23.0 Å². The van der Waals surface area contributed by atoms with Crippen LogP contribution in [0.4, 0.5) is 5.69 Å². The lowest BCUT2D eigenvalue weighted by Crippen LogP contribution is -2.44. The monoisotopic (exact) mass is 373 g/mol. The predicted octanol–water partition coefficient (Wildman–Crippen LogP) is 2.66. The Kier molecular flexibility index (Phi) is 6.33. The van der Waals surface area contributed by atoms with Gasteiger partial charge in [0.2, 0.25) is 0 Å². The molecule has 0 saturated carbocycles. The first kappa shape index (κ1) is 18.5. The number of thiazole rings is 1. The molecule has 2 aromatic rings. The van der Waals surface area contributed by atoms with Crippen LogP contribution in [0.15, 0.2) is 35.5 Å². The fraction of sp³-hybridized carbons (Fsp3) is 0.474. The molecule has 1 unspecified atom stereocenters. The number of aryl methyl sites for hydroxylation is 1. The van der Waals surface area contributed by atoms with Crippen molar-refractivity contribution in [3.8, 4) is 5.75 Å². The number of hydrogen-bond acceptors (Lipinski definition) is 5. The zero-order valence-corrected chi connectivity index (χ0v) is 16.5. The topological polar surface area (TPSA) is 61.8 Å². The molecular weight excluding hydrogens is 346 g/mol. The maximum atomic E-state index is 5.49. The smallest absolute Gasteiger partial charge is 0.191 e. The minimum atomic E-state index is 0.355. The van der Waals surface area contributed by atoms with Crippen LogP contribution in [0.3, 0.4) is 0 Å². The van der Waals surface area contributed by atoms with Crippen molar-refractivity contribution in [1.82, 2.24) is 15.6 Å². The zero-order chi connectivity index (χ0) is 18.4.